The van der Waals surface area contributed by atoms with Crippen molar-refractivity contribution in [2.24, 2.45) is 0 Å². The number of hydrogen-bond acceptors (Lipinski definition) is 2. The first-order valence-corrected chi connectivity index (χ1v) is 9.91. The highest BCUT2D eigenvalue weighted by Crippen LogP contribution is 2.45. The second-order valence-corrected chi connectivity index (χ2v) is 7.74. The third kappa shape index (κ3) is 2.90. The predicted octanol–water partition coefficient (Wildman–Crippen LogP) is 5.93. The van der Waals surface area contributed by atoms with Gasteiger partial charge in [0.1, 0.15) is 11.5 Å². The summed E-state index contributed by atoms with van der Waals surface area (Å²) in [6.45, 7) is 2.01. The van der Waals surface area contributed by atoms with Crippen LogP contribution in [0.25, 0.3) is 11.3 Å². The molecule has 0 radical (unpaired) electrons. The fourth-order valence-electron chi connectivity index (χ4n) is 3.94. The van der Waals surface area contributed by atoms with Crippen LogP contribution in [-0.2, 0) is 0 Å². The van der Waals surface area contributed by atoms with Gasteiger partial charge in [0, 0.05) is 27.4 Å². The number of benzene rings is 3. The number of anilines is 1. The monoisotopic (exact) mass is 417 g/mol. The number of rotatable bonds is 3. The Morgan fingerprint density at radius 2 is 1.70 bits per heavy atom. The number of carbonyl (C=O) groups is 1. The van der Waals surface area contributed by atoms with E-state index in [0.717, 1.165) is 11.1 Å². The summed E-state index contributed by atoms with van der Waals surface area (Å²) in [6, 6.07) is 20.7. The van der Waals surface area contributed by atoms with Gasteiger partial charge in [0.25, 0.3) is 5.91 Å². The second kappa shape index (κ2) is 7.11. The Balaban J connectivity index is 1.74. The number of hydrogen-bond donors (Lipinski definition) is 1. The lowest BCUT2D eigenvalue weighted by Crippen LogP contribution is -2.29. The highest BCUT2D eigenvalue weighted by molar-refractivity contribution is 6.30. The molecule has 1 amide bonds. The number of nitrogens with zero attached hydrogens (tertiary/aromatic N) is 2. The van der Waals surface area contributed by atoms with Crippen molar-refractivity contribution < 1.29 is 9.18 Å². The highest BCUT2D eigenvalue weighted by Gasteiger charge is 2.44. The average Bonchev–Trinajstić information content (AvgIpc) is 3.29. The summed E-state index contributed by atoms with van der Waals surface area (Å²) in [5.41, 5.74) is 4.72. The van der Waals surface area contributed by atoms with Gasteiger partial charge < -0.3 is 0 Å². The fraction of sp³-hybridized carbons (Fsp3) is 0.0833. The molecule has 5 rings (SSSR count). The van der Waals surface area contributed by atoms with Crippen LogP contribution in [0.15, 0.2) is 72.8 Å². The molecule has 1 aliphatic heterocycles. The first-order valence-electron chi connectivity index (χ1n) is 9.53. The summed E-state index contributed by atoms with van der Waals surface area (Å²) < 4.78 is 14.9. The molecule has 0 aliphatic carbocycles. The minimum Gasteiger partial charge on any atom is -0.295 e. The molecule has 1 aromatic heterocycles. The van der Waals surface area contributed by atoms with E-state index in [1.165, 1.54) is 6.07 Å². The SMILES string of the molecule is Cc1ccc(-c2n[nH]c3c2C(c2ccccc2F)N(c2ccc(Cl)cc2)C3=O)cc1. The normalized spacial score (nSPS) is 15.5. The maximum absolute atomic E-state index is 14.9. The smallest absolute Gasteiger partial charge is 0.277 e. The van der Waals surface area contributed by atoms with Crippen molar-refractivity contribution in [3.8, 4) is 11.3 Å². The van der Waals surface area contributed by atoms with Gasteiger partial charge in [-0.25, -0.2) is 4.39 Å². The molecule has 2 heterocycles. The predicted molar refractivity (Wildman–Crippen MR) is 115 cm³/mol. The highest BCUT2D eigenvalue weighted by atomic mass is 35.5. The molecule has 1 atom stereocenters. The first kappa shape index (κ1) is 18.6. The van der Waals surface area contributed by atoms with E-state index in [-0.39, 0.29) is 11.7 Å². The summed E-state index contributed by atoms with van der Waals surface area (Å²) in [6.07, 6.45) is 0. The molecule has 1 aliphatic rings. The Labute approximate surface area is 177 Å². The molecular weight excluding hydrogens is 401 g/mol. The largest absolute Gasteiger partial charge is 0.295 e. The number of H-pyrrole nitrogens is 1. The summed E-state index contributed by atoms with van der Waals surface area (Å²) in [5.74, 6) is -0.635. The maximum Gasteiger partial charge on any atom is 0.277 e. The number of amides is 1. The topological polar surface area (TPSA) is 49.0 Å². The Bertz CT molecular complexity index is 1250. The van der Waals surface area contributed by atoms with Gasteiger partial charge >= 0.3 is 0 Å². The van der Waals surface area contributed by atoms with Gasteiger partial charge in [-0.05, 0) is 37.3 Å². The molecule has 0 saturated heterocycles. The van der Waals surface area contributed by atoms with Crippen LogP contribution in [0.3, 0.4) is 0 Å². The van der Waals surface area contributed by atoms with Crippen LogP contribution in [0.5, 0.6) is 0 Å². The van der Waals surface area contributed by atoms with Gasteiger partial charge in [-0.3, -0.25) is 14.8 Å². The number of nitrogens with one attached hydrogen (secondary N) is 1. The lowest BCUT2D eigenvalue weighted by atomic mass is 9.95. The standard InChI is InChI=1S/C24H17ClFN3O/c1-14-6-8-15(9-7-14)21-20-22(28-27-21)24(30)29(17-12-10-16(25)11-13-17)23(20)18-4-2-3-5-19(18)26/h2-13,23H,1H3,(H,27,28). The zero-order valence-electron chi connectivity index (χ0n) is 16.1. The Morgan fingerprint density at radius 3 is 2.40 bits per heavy atom. The van der Waals surface area contributed by atoms with Crippen LogP contribution in [0.1, 0.15) is 33.2 Å². The van der Waals surface area contributed by atoms with Gasteiger partial charge in [0.05, 0.1) is 11.7 Å². The molecule has 1 N–H and O–H groups in total. The van der Waals surface area contributed by atoms with Gasteiger partial charge in [-0.2, -0.15) is 5.10 Å². The van der Waals surface area contributed by atoms with Gasteiger partial charge in [0.2, 0.25) is 0 Å². The van der Waals surface area contributed by atoms with Crippen molar-refractivity contribution in [2.75, 3.05) is 4.90 Å². The van der Waals surface area contributed by atoms with Crippen LogP contribution >= 0.6 is 11.6 Å². The minimum absolute atomic E-state index is 0.258. The Morgan fingerprint density at radius 1 is 1.00 bits per heavy atom. The van der Waals surface area contributed by atoms with Crippen LogP contribution in [0, 0.1) is 12.7 Å². The van der Waals surface area contributed by atoms with E-state index in [1.807, 2.05) is 31.2 Å². The summed E-state index contributed by atoms with van der Waals surface area (Å²) in [7, 11) is 0. The number of aromatic amines is 1. The molecule has 148 valence electrons. The summed E-state index contributed by atoms with van der Waals surface area (Å²) in [5, 5.41) is 7.87. The molecule has 6 heteroatoms. The molecule has 30 heavy (non-hydrogen) atoms. The summed E-state index contributed by atoms with van der Waals surface area (Å²) in [4.78, 5) is 15.0. The lowest BCUT2D eigenvalue weighted by Gasteiger charge is -2.26. The van der Waals surface area contributed by atoms with Crippen LogP contribution in [0.4, 0.5) is 10.1 Å². The van der Waals surface area contributed by atoms with E-state index in [4.69, 9.17) is 11.6 Å². The molecular formula is C24H17ClFN3O. The zero-order chi connectivity index (χ0) is 20.8. The van der Waals surface area contributed by atoms with E-state index in [9.17, 15) is 9.18 Å². The van der Waals surface area contributed by atoms with Crippen molar-refractivity contribution in [3.05, 3.63) is 106 Å². The molecule has 1 unspecified atom stereocenters. The van der Waals surface area contributed by atoms with E-state index in [1.54, 1.807) is 47.4 Å². The number of carbonyl (C=O) groups excluding carboxylic acids is 1. The Hall–Kier alpha value is -3.44. The van der Waals surface area contributed by atoms with Crippen molar-refractivity contribution in [1.29, 1.82) is 0 Å². The van der Waals surface area contributed by atoms with Crippen molar-refractivity contribution >= 4 is 23.2 Å². The molecule has 0 spiro atoms. The Kier molecular flexibility index (Phi) is 4.40. The third-order valence-corrected chi connectivity index (χ3v) is 5.65. The minimum atomic E-state index is -0.648. The van der Waals surface area contributed by atoms with E-state index < -0.39 is 6.04 Å². The maximum atomic E-state index is 14.9. The van der Waals surface area contributed by atoms with Gasteiger partial charge in [-0.15, -0.1) is 0 Å². The van der Waals surface area contributed by atoms with Crippen molar-refractivity contribution in [2.45, 2.75) is 13.0 Å². The lowest BCUT2D eigenvalue weighted by molar-refractivity contribution is 0.0988. The average molecular weight is 418 g/mol. The van der Waals surface area contributed by atoms with E-state index in [0.29, 0.717) is 33.2 Å². The van der Waals surface area contributed by atoms with Crippen molar-refractivity contribution in [1.82, 2.24) is 10.2 Å². The second-order valence-electron chi connectivity index (χ2n) is 7.30. The zero-order valence-corrected chi connectivity index (χ0v) is 16.8. The van der Waals surface area contributed by atoms with Crippen LogP contribution in [0.2, 0.25) is 5.02 Å². The van der Waals surface area contributed by atoms with Crippen molar-refractivity contribution in [3.63, 3.8) is 0 Å². The molecule has 0 saturated carbocycles. The molecule has 0 bridgehead atoms. The quantitative estimate of drug-likeness (QED) is 0.449. The molecule has 0 fully saturated rings. The third-order valence-electron chi connectivity index (χ3n) is 5.40. The molecule has 4 nitrogen and oxygen atoms in total. The number of aryl methyl sites for hydroxylation is 1. The number of halogens is 2. The number of aromatic nitrogens is 2. The number of fused-ring (bicyclic) bond motifs is 1. The fourth-order valence-corrected chi connectivity index (χ4v) is 4.06. The van der Waals surface area contributed by atoms with Gasteiger partial charge in [-0.1, -0.05) is 59.6 Å². The van der Waals surface area contributed by atoms with E-state index >= 15 is 0 Å². The first-order chi connectivity index (χ1) is 14.5. The van der Waals surface area contributed by atoms with Crippen LogP contribution in [-0.4, -0.2) is 16.1 Å². The van der Waals surface area contributed by atoms with Gasteiger partial charge in [0.15, 0.2) is 0 Å². The summed E-state index contributed by atoms with van der Waals surface area (Å²) >= 11 is 6.04. The molecule has 3 aromatic carbocycles. The van der Waals surface area contributed by atoms with Crippen LogP contribution < -0.4 is 4.90 Å². The van der Waals surface area contributed by atoms with E-state index in [2.05, 4.69) is 10.2 Å². The molecule has 4 aromatic rings.